The number of anilines is 1. The quantitative estimate of drug-likeness (QED) is 0.802. The molecule has 0 bridgehead atoms. The van der Waals surface area contributed by atoms with Crippen molar-refractivity contribution >= 4 is 11.6 Å². The zero-order valence-corrected chi connectivity index (χ0v) is 12.5. The van der Waals surface area contributed by atoms with Crippen LogP contribution in [0.15, 0.2) is 53.2 Å². The maximum Gasteiger partial charge on any atom is 0.226 e. The highest BCUT2D eigenvalue weighted by atomic mass is 19.1. The number of fused-ring (bicyclic) bond motifs is 1. The van der Waals surface area contributed by atoms with Gasteiger partial charge in [-0.05, 0) is 48.0 Å². The Kier molecular flexibility index (Phi) is 3.22. The van der Waals surface area contributed by atoms with Crippen molar-refractivity contribution in [1.82, 2.24) is 14.8 Å². The summed E-state index contributed by atoms with van der Waals surface area (Å²) < 4.78 is 20.5. The van der Waals surface area contributed by atoms with Gasteiger partial charge in [0.25, 0.3) is 0 Å². The SMILES string of the molecule is CCc1nc2n(n1)C(c1ccco1)C=C(c1ccc(F)cc1)N2. The first-order chi connectivity index (χ1) is 11.2. The van der Waals surface area contributed by atoms with Crippen molar-refractivity contribution in [1.29, 1.82) is 0 Å². The van der Waals surface area contributed by atoms with E-state index in [9.17, 15) is 4.39 Å². The van der Waals surface area contributed by atoms with Crippen molar-refractivity contribution in [2.75, 3.05) is 5.32 Å². The van der Waals surface area contributed by atoms with Gasteiger partial charge in [0.15, 0.2) is 5.82 Å². The summed E-state index contributed by atoms with van der Waals surface area (Å²) in [5.41, 5.74) is 1.74. The molecule has 116 valence electrons. The maximum atomic E-state index is 13.2. The van der Waals surface area contributed by atoms with E-state index < -0.39 is 0 Å². The molecule has 5 nitrogen and oxygen atoms in total. The van der Waals surface area contributed by atoms with Gasteiger partial charge >= 0.3 is 0 Å². The van der Waals surface area contributed by atoms with Crippen LogP contribution in [0.5, 0.6) is 0 Å². The number of benzene rings is 1. The summed E-state index contributed by atoms with van der Waals surface area (Å²) in [6, 6.07) is 9.92. The summed E-state index contributed by atoms with van der Waals surface area (Å²) in [6.07, 6.45) is 4.39. The van der Waals surface area contributed by atoms with Gasteiger partial charge in [-0.25, -0.2) is 9.07 Å². The lowest BCUT2D eigenvalue weighted by atomic mass is 10.1. The molecule has 1 aromatic carbocycles. The number of aryl methyl sites for hydroxylation is 1. The van der Waals surface area contributed by atoms with E-state index in [0.717, 1.165) is 29.3 Å². The highest BCUT2D eigenvalue weighted by Crippen LogP contribution is 2.32. The molecule has 0 spiro atoms. The zero-order chi connectivity index (χ0) is 15.8. The second kappa shape index (κ2) is 5.39. The molecule has 23 heavy (non-hydrogen) atoms. The van der Waals surface area contributed by atoms with Crippen LogP contribution in [0, 0.1) is 5.82 Å². The van der Waals surface area contributed by atoms with Gasteiger partial charge in [0.2, 0.25) is 5.95 Å². The fourth-order valence-corrected chi connectivity index (χ4v) is 2.65. The summed E-state index contributed by atoms with van der Waals surface area (Å²) in [7, 11) is 0. The predicted molar refractivity (Wildman–Crippen MR) is 84.2 cm³/mol. The summed E-state index contributed by atoms with van der Waals surface area (Å²) >= 11 is 0. The van der Waals surface area contributed by atoms with E-state index in [-0.39, 0.29) is 11.9 Å². The van der Waals surface area contributed by atoms with Crippen LogP contribution in [-0.2, 0) is 6.42 Å². The lowest BCUT2D eigenvalue weighted by Crippen LogP contribution is -2.19. The standard InChI is InChI=1S/C17H15FN4O/c1-2-16-20-17-19-13(11-5-7-12(18)8-6-11)10-14(22(17)21-16)15-4-3-9-23-15/h3-10,14H,2H2,1H3,(H,19,20,21). The number of hydrogen-bond donors (Lipinski definition) is 1. The molecule has 0 saturated heterocycles. The fourth-order valence-electron chi connectivity index (χ4n) is 2.65. The first-order valence-corrected chi connectivity index (χ1v) is 7.48. The van der Waals surface area contributed by atoms with E-state index in [1.165, 1.54) is 12.1 Å². The maximum absolute atomic E-state index is 13.2. The minimum atomic E-state index is -0.260. The Bertz CT molecular complexity index is 849. The van der Waals surface area contributed by atoms with Crippen molar-refractivity contribution in [2.24, 2.45) is 0 Å². The van der Waals surface area contributed by atoms with Crippen LogP contribution in [0.3, 0.4) is 0 Å². The Hall–Kier alpha value is -2.89. The van der Waals surface area contributed by atoms with Gasteiger partial charge in [-0.2, -0.15) is 10.1 Å². The van der Waals surface area contributed by atoms with Gasteiger partial charge in [0, 0.05) is 12.1 Å². The minimum Gasteiger partial charge on any atom is -0.467 e. The first-order valence-electron chi connectivity index (χ1n) is 7.48. The Labute approximate surface area is 132 Å². The average Bonchev–Trinajstić information content (AvgIpc) is 3.23. The molecule has 0 aliphatic carbocycles. The monoisotopic (exact) mass is 310 g/mol. The topological polar surface area (TPSA) is 55.9 Å². The van der Waals surface area contributed by atoms with E-state index in [0.29, 0.717) is 5.95 Å². The van der Waals surface area contributed by atoms with E-state index in [1.807, 2.05) is 29.8 Å². The molecule has 6 heteroatoms. The molecular formula is C17H15FN4O. The molecule has 4 rings (SSSR count). The van der Waals surface area contributed by atoms with Crippen LogP contribution < -0.4 is 5.32 Å². The lowest BCUT2D eigenvalue weighted by Gasteiger charge is -2.22. The molecule has 1 atom stereocenters. The van der Waals surface area contributed by atoms with Gasteiger partial charge < -0.3 is 9.73 Å². The number of furan rings is 1. The Morgan fingerprint density at radius 2 is 2.09 bits per heavy atom. The predicted octanol–water partition coefficient (Wildman–Crippen LogP) is 3.63. The summed E-state index contributed by atoms with van der Waals surface area (Å²) in [5, 5.41) is 7.79. The first kappa shape index (κ1) is 13.8. The molecule has 0 fully saturated rings. The number of hydrogen-bond acceptors (Lipinski definition) is 4. The second-order valence-corrected chi connectivity index (χ2v) is 5.32. The molecule has 1 aliphatic rings. The highest BCUT2D eigenvalue weighted by Gasteiger charge is 2.26. The van der Waals surface area contributed by atoms with Gasteiger partial charge in [-0.1, -0.05) is 6.92 Å². The number of aromatic nitrogens is 3. The van der Waals surface area contributed by atoms with E-state index >= 15 is 0 Å². The van der Waals surface area contributed by atoms with Crippen LogP contribution in [0.4, 0.5) is 10.3 Å². The molecule has 0 amide bonds. The molecule has 3 heterocycles. The summed E-state index contributed by atoms with van der Waals surface area (Å²) in [5.74, 6) is 1.94. The molecule has 3 aromatic rings. The number of nitrogens with zero attached hydrogens (tertiary/aromatic N) is 3. The van der Waals surface area contributed by atoms with E-state index in [1.54, 1.807) is 18.4 Å². The van der Waals surface area contributed by atoms with E-state index in [4.69, 9.17) is 4.42 Å². The smallest absolute Gasteiger partial charge is 0.226 e. The van der Waals surface area contributed by atoms with Crippen molar-refractivity contribution in [3.8, 4) is 0 Å². The molecule has 1 aliphatic heterocycles. The molecular weight excluding hydrogens is 295 g/mol. The molecule has 0 saturated carbocycles. The summed E-state index contributed by atoms with van der Waals surface area (Å²) in [6.45, 7) is 2.01. The lowest BCUT2D eigenvalue weighted by molar-refractivity contribution is 0.447. The average molecular weight is 310 g/mol. The molecule has 0 radical (unpaired) electrons. The van der Waals surface area contributed by atoms with Crippen LogP contribution in [0.2, 0.25) is 0 Å². The third-order valence-corrected chi connectivity index (χ3v) is 3.82. The second-order valence-electron chi connectivity index (χ2n) is 5.32. The molecule has 2 aromatic heterocycles. The van der Waals surface area contributed by atoms with Crippen LogP contribution >= 0.6 is 0 Å². The van der Waals surface area contributed by atoms with Crippen LogP contribution in [0.1, 0.15) is 30.1 Å². The van der Waals surface area contributed by atoms with Gasteiger partial charge in [0.05, 0.1) is 6.26 Å². The van der Waals surface area contributed by atoms with Gasteiger partial charge in [0.1, 0.15) is 17.6 Å². The number of halogens is 1. The highest BCUT2D eigenvalue weighted by molar-refractivity contribution is 5.76. The van der Waals surface area contributed by atoms with Crippen molar-refractivity contribution in [2.45, 2.75) is 19.4 Å². The van der Waals surface area contributed by atoms with Crippen molar-refractivity contribution in [3.63, 3.8) is 0 Å². The Morgan fingerprint density at radius 3 is 2.78 bits per heavy atom. The normalized spacial score (nSPS) is 16.6. The van der Waals surface area contributed by atoms with E-state index in [2.05, 4.69) is 15.4 Å². The minimum absolute atomic E-state index is 0.186. The van der Waals surface area contributed by atoms with Gasteiger partial charge in [-0.3, -0.25) is 0 Å². The number of nitrogens with one attached hydrogen (secondary N) is 1. The van der Waals surface area contributed by atoms with Gasteiger partial charge in [-0.15, -0.1) is 0 Å². The Morgan fingerprint density at radius 1 is 1.26 bits per heavy atom. The van der Waals surface area contributed by atoms with Crippen molar-refractivity contribution < 1.29 is 8.81 Å². The third kappa shape index (κ3) is 2.42. The largest absolute Gasteiger partial charge is 0.467 e. The molecule has 1 unspecified atom stereocenters. The fraction of sp³-hybridized carbons (Fsp3) is 0.176. The zero-order valence-electron chi connectivity index (χ0n) is 12.5. The number of allylic oxidation sites excluding steroid dienone is 1. The third-order valence-electron chi connectivity index (χ3n) is 3.82. The van der Waals surface area contributed by atoms with Crippen LogP contribution in [0.25, 0.3) is 5.70 Å². The van der Waals surface area contributed by atoms with Crippen LogP contribution in [-0.4, -0.2) is 14.8 Å². The number of rotatable bonds is 3. The molecule has 1 N–H and O–H groups in total. The summed E-state index contributed by atoms with van der Waals surface area (Å²) in [4.78, 5) is 4.51. The van der Waals surface area contributed by atoms with Crippen molar-refractivity contribution in [3.05, 3.63) is 71.7 Å². The Balaban J connectivity index is 1.81.